The number of pyridine rings is 1. The van der Waals surface area contributed by atoms with Crippen molar-refractivity contribution in [1.82, 2.24) is 4.98 Å². The normalized spacial score (nSPS) is 11.4. The molecular formula is C8H5ClF3N. The molecule has 0 radical (unpaired) electrons. The van der Waals surface area contributed by atoms with Crippen LogP contribution in [0.2, 0.25) is 0 Å². The summed E-state index contributed by atoms with van der Waals surface area (Å²) in [6.07, 6.45) is -4.44. The molecule has 1 aromatic rings. The van der Waals surface area contributed by atoms with Crippen LogP contribution in [0.5, 0.6) is 0 Å². The maximum absolute atomic E-state index is 12.1. The molecule has 1 aromatic heterocycles. The summed E-state index contributed by atoms with van der Waals surface area (Å²) in [6, 6.07) is 3.48. The molecule has 0 N–H and O–H groups in total. The first kappa shape index (κ1) is 10.1. The number of rotatable bonds is 1. The van der Waals surface area contributed by atoms with E-state index < -0.39 is 11.9 Å². The smallest absolute Gasteiger partial charge is 0.242 e. The van der Waals surface area contributed by atoms with Crippen LogP contribution in [0.15, 0.2) is 24.8 Å². The topological polar surface area (TPSA) is 12.9 Å². The Hall–Kier alpha value is -1.03. The maximum Gasteiger partial charge on any atom is 0.433 e. The van der Waals surface area contributed by atoms with Gasteiger partial charge in [0.15, 0.2) is 0 Å². The van der Waals surface area contributed by atoms with E-state index in [2.05, 4.69) is 11.6 Å². The Labute approximate surface area is 77.9 Å². The van der Waals surface area contributed by atoms with Gasteiger partial charge in [-0.1, -0.05) is 24.2 Å². The highest BCUT2D eigenvalue weighted by Crippen LogP contribution is 2.28. The van der Waals surface area contributed by atoms with Gasteiger partial charge in [-0.2, -0.15) is 13.2 Å². The van der Waals surface area contributed by atoms with Gasteiger partial charge in [-0.15, -0.1) is 0 Å². The van der Waals surface area contributed by atoms with Crippen LogP contribution < -0.4 is 0 Å². The molecule has 13 heavy (non-hydrogen) atoms. The molecule has 0 aliphatic carbocycles. The molecule has 0 saturated heterocycles. The second-order valence-electron chi connectivity index (χ2n) is 2.31. The van der Waals surface area contributed by atoms with Crippen molar-refractivity contribution >= 4 is 16.6 Å². The minimum Gasteiger partial charge on any atom is -0.242 e. The van der Waals surface area contributed by atoms with E-state index >= 15 is 0 Å². The van der Waals surface area contributed by atoms with Crippen molar-refractivity contribution in [3.8, 4) is 0 Å². The maximum atomic E-state index is 12.1. The highest BCUT2D eigenvalue weighted by Gasteiger charge is 2.32. The Balaban J connectivity index is 3.13. The molecule has 0 fully saturated rings. The van der Waals surface area contributed by atoms with Gasteiger partial charge < -0.3 is 0 Å². The molecule has 5 heteroatoms. The van der Waals surface area contributed by atoms with E-state index in [1.165, 1.54) is 12.1 Å². The van der Waals surface area contributed by atoms with Crippen molar-refractivity contribution < 1.29 is 13.2 Å². The molecule has 1 rings (SSSR count). The lowest BCUT2D eigenvalue weighted by Gasteiger charge is -2.06. The zero-order valence-electron chi connectivity index (χ0n) is 6.40. The van der Waals surface area contributed by atoms with Gasteiger partial charge >= 0.3 is 6.18 Å². The van der Waals surface area contributed by atoms with E-state index in [4.69, 9.17) is 11.6 Å². The van der Waals surface area contributed by atoms with E-state index in [-0.39, 0.29) is 10.7 Å². The van der Waals surface area contributed by atoms with Gasteiger partial charge in [-0.25, -0.2) is 4.98 Å². The molecule has 0 aromatic carbocycles. The second kappa shape index (κ2) is 3.38. The number of alkyl halides is 3. The van der Waals surface area contributed by atoms with Crippen LogP contribution in [0, 0.1) is 0 Å². The first-order valence-electron chi connectivity index (χ1n) is 3.30. The monoisotopic (exact) mass is 207 g/mol. The molecule has 0 spiro atoms. The van der Waals surface area contributed by atoms with Crippen molar-refractivity contribution in [3.63, 3.8) is 0 Å². The second-order valence-corrected chi connectivity index (χ2v) is 2.77. The molecule has 0 aliphatic heterocycles. The van der Waals surface area contributed by atoms with Gasteiger partial charge in [0.1, 0.15) is 5.69 Å². The van der Waals surface area contributed by atoms with Crippen LogP contribution >= 0.6 is 11.6 Å². The Bertz CT molecular complexity index is 332. The van der Waals surface area contributed by atoms with E-state index in [9.17, 15) is 13.2 Å². The fraction of sp³-hybridized carbons (Fsp3) is 0.125. The third-order valence-electron chi connectivity index (χ3n) is 1.32. The molecule has 0 atom stereocenters. The molecular weight excluding hydrogens is 203 g/mol. The van der Waals surface area contributed by atoms with E-state index in [1.807, 2.05) is 0 Å². The largest absolute Gasteiger partial charge is 0.433 e. The van der Waals surface area contributed by atoms with Crippen LogP contribution in [0.25, 0.3) is 5.03 Å². The summed E-state index contributed by atoms with van der Waals surface area (Å²) in [5.74, 6) is 0. The third kappa shape index (κ3) is 2.45. The summed E-state index contributed by atoms with van der Waals surface area (Å²) in [6.45, 7) is 3.28. The van der Waals surface area contributed by atoms with Crippen molar-refractivity contribution in [2.24, 2.45) is 0 Å². The summed E-state index contributed by atoms with van der Waals surface area (Å²) < 4.78 is 36.3. The average Bonchev–Trinajstić information content (AvgIpc) is 2.03. The van der Waals surface area contributed by atoms with E-state index in [1.54, 1.807) is 0 Å². The van der Waals surface area contributed by atoms with Crippen molar-refractivity contribution in [2.45, 2.75) is 6.18 Å². The van der Waals surface area contributed by atoms with Crippen LogP contribution in [0.4, 0.5) is 13.2 Å². The molecule has 0 unspecified atom stereocenters. The molecule has 0 bridgehead atoms. The number of hydrogen-bond acceptors (Lipinski definition) is 1. The van der Waals surface area contributed by atoms with Crippen LogP contribution in [0.1, 0.15) is 11.4 Å². The Morgan fingerprint density at radius 3 is 2.46 bits per heavy atom. The molecule has 1 nitrogen and oxygen atoms in total. The highest BCUT2D eigenvalue weighted by atomic mass is 35.5. The first-order valence-corrected chi connectivity index (χ1v) is 3.68. The SMILES string of the molecule is C=C(Cl)c1cccc(C(F)(F)F)n1. The fourth-order valence-electron chi connectivity index (χ4n) is 0.744. The van der Waals surface area contributed by atoms with Crippen molar-refractivity contribution in [3.05, 3.63) is 36.2 Å². The van der Waals surface area contributed by atoms with Crippen LogP contribution in [0.3, 0.4) is 0 Å². The van der Waals surface area contributed by atoms with Crippen LogP contribution in [-0.4, -0.2) is 4.98 Å². The Kier molecular flexibility index (Phi) is 2.61. The molecule has 0 amide bonds. The van der Waals surface area contributed by atoms with Gasteiger partial charge in [0.05, 0.1) is 10.7 Å². The number of halogens is 4. The van der Waals surface area contributed by atoms with Gasteiger partial charge in [-0.3, -0.25) is 0 Å². The lowest BCUT2D eigenvalue weighted by Crippen LogP contribution is -2.08. The lowest BCUT2D eigenvalue weighted by molar-refractivity contribution is -0.141. The van der Waals surface area contributed by atoms with Gasteiger partial charge in [0.2, 0.25) is 0 Å². The van der Waals surface area contributed by atoms with Gasteiger partial charge in [0.25, 0.3) is 0 Å². The molecule has 70 valence electrons. The number of hydrogen-bond donors (Lipinski definition) is 0. The molecule has 0 aliphatic rings. The van der Waals surface area contributed by atoms with Crippen LogP contribution in [-0.2, 0) is 6.18 Å². The quantitative estimate of drug-likeness (QED) is 0.689. The molecule has 0 saturated carbocycles. The zero-order chi connectivity index (χ0) is 10.1. The summed E-state index contributed by atoms with van der Waals surface area (Å²) in [4.78, 5) is 3.29. The Morgan fingerprint density at radius 2 is 2.00 bits per heavy atom. The van der Waals surface area contributed by atoms with Gasteiger partial charge in [0, 0.05) is 0 Å². The van der Waals surface area contributed by atoms with Gasteiger partial charge in [-0.05, 0) is 12.1 Å². The Morgan fingerprint density at radius 1 is 1.38 bits per heavy atom. The summed E-state index contributed by atoms with van der Waals surface area (Å²) in [7, 11) is 0. The predicted molar refractivity (Wildman–Crippen MR) is 44.1 cm³/mol. The summed E-state index contributed by atoms with van der Waals surface area (Å²) >= 11 is 5.40. The minimum atomic E-state index is -4.44. The third-order valence-corrected chi connectivity index (χ3v) is 1.51. The average molecular weight is 208 g/mol. The first-order chi connectivity index (χ1) is 5.91. The van der Waals surface area contributed by atoms with E-state index in [0.29, 0.717) is 0 Å². The van der Waals surface area contributed by atoms with Crippen molar-refractivity contribution in [2.75, 3.05) is 0 Å². The highest BCUT2D eigenvalue weighted by molar-refractivity contribution is 6.48. The zero-order valence-corrected chi connectivity index (χ0v) is 7.15. The summed E-state index contributed by atoms with van der Waals surface area (Å²) in [5, 5.41) is -0.00824. The van der Waals surface area contributed by atoms with E-state index in [0.717, 1.165) is 6.07 Å². The minimum absolute atomic E-state index is 0.00824. The molecule has 1 heterocycles. The number of aromatic nitrogens is 1. The fourth-order valence-corrected chi connectivity index (χ4v) is 0.849. The standard InChI is InChI=1S/C8H5ClF3N/c1-5(9)6-3-2-4-7(13-6)8(10,11)12/h2-4H,1H2. The number of nitrogens with zero attached hydrogens (tertiary/aromatic N) is 1. The van der Waals surface area contributed by atoms with Crippen molar-refractivity contribution in [1.29, 1.82) is 0 Å². The lowest BCUT2D eigenvalue weighted by atomic mass is 10.3. The summed E-state index contributed by atoms with van der Waals surface area (Å²) in [5.41, 5.74) is -0.928. The predicted octanol–water partition coefficient (Wildman–Crippen LogP) is 3.31.